The van der Waals surface area contributed by atoms with Crippen LogP contribution in [0.4, 0.5) is 0 Å². The molecule has 0 spiro atoms. The van der Waals surface area contributed by atoms with Gasteiger partial charge in [-0.2, -0.15) is 5.10 Å². The fourth-order valence-corrected chi connectivity index (χ4v) is 2.92. The molecule has 0 fully saturated rings. The van der Waals surface area contributed by atoms with Crippen molar-refractivity contribution in [2.75, 3.05) is 19.7 Å². The summed E-state index contributed by atoms with van der Waals surface area (Å²) in [4.78, 5) is 4.67. The van der Waals surface area contributed by atoms with Crippen molar-refractivity contribution in [2.45, 2.75) is 19.4 Å². The van der Waals surface area contributed by atoms with Crippen LogP contribution in [0, 0.1) is 0 Å². The SMILES string of the molecule is CCNC(=NCc1ccc(-n2cccn2)cc1)NCC(CO)c1ccccc1.I. The number of aromatic nitrogens is 2. The number of aliphatic hydroxyl groups is 1. The molecule has 3 N–H and O–H groups in total. The number of nitrogens with zero attached hydrogens (tertiary/aromatic N) is 3. The van der Waals surface area contributed by atoms with Crippen LogP contribution in [-0.4, -0.2) is 40.5 Å². The lowest BCUT2D eigenvalue weighted by molar-refractivity contribution is 0.265. The summed E-state index contributed by atoms with van der Waals surface area (Å²) in [5.41, 5.74) is 3.26. The highest BCUT2D eigenvalue weighted by atomic mass is 127. The molecule has 3 rings (SSSR count). The molecule has 7 heteroatoms. The standard InChI is InChI=1S/C22H27N5O.HI/c1-2-23-22(25-16-20(17-28)19-7-4-3-5-8-19)24-15-18-9-11-21(12-10-18)27-14-6-13-26-27;/h3-14,20,28H,2,15-17H2,1H3,(H2,23,24,25);1H. The molecule has 6 nitrogen and oxygen atoms in total. The van der Waals surface area contributed by atoms with Crippen molar-refractivity contribution in [1.82, 2.24) is 20.4 Å². The summed E-state index contributed by atoms with van der Waals surface area (Å²) >= 11 is 0. The van der Waals surface area contributed by atoms with E-state index in [1.54, 1.807) is 6.20 Å². The maximum atomic E-state index is 9.73. The van der Waals surface area contributed by atoms with E-state index in [-0.39, 0.29) is 36.5 Å². The van der Waals surface area contributed by atoms with Gasteiger partial charge in [-0.15, -0.1) is 24.0 Å². The summed E-state index contributed by atoms with van der Waals surface area (Å²) in [6, 6.07) is 20.1. The highest BCUT2D eigenvalue weighted by Gasteiger charge is 2.10. The van der Waals surface area contributed by atoms with Gasteiger partial charge in [0.25, 0.3) is 0 Å². The Morgan fingerprint density at radius 1 is 1.07 bits per heavy atom. The normalized spacial score (nSPS) is 12.1. The first-order valence-corrected chi connectivity index (χ1v) is 9.57. The number of hydrogen-bond donors (Lipinski definition) is 3. The predicted octanol–water partition coefficient (Wildman–Crippen LogP) is 3.32. The minimum absolute atomic E-state index is 0. The average molecular weight is 505 g/mol. The number of aliphatic imine (C=N–C) groups is 1. The van der Waals surface area contributed by atoms with Gasteiger partial charge in [0, 0.05) is 31.4 Å². The molecule has 1 unspecified atom stereocenters. The van der Waals surface area contributed by atoms with Crippen molar-refractivity contribution in [3.8, 4) is 5.69 Å². The summed E-state index contributed by atoms with van der Waals surface area (Å²) < 4.78 is 1.83. The maximum Gasteiger partial charge on any atom is 0.191 e. The summed E-state index contributed by atoms with van der Waals surface area (Å²) in [6.07, 6.45) is 3.69. The van der Waals surface area contributed by atoms with Gasteiger partial charge < -0.3 is 15.7 Å². The zero-order chi connectivity index (χ0) is 19.6. The van der Waals surface area contributed by atoms with Crippen LogP contribution in [0.25, 0.3) is 5.69 Å². The number of benzene rings is 2. The van der Waals surface area contributed by atoms with E-state index in [9.17, 15) is 5.11 Å². The molecule has 1 heterocycles. The third-order valence-corrected chi connectivity index (χ3v) is 4.48. The summed E-state index contributed by atoms with van der Waals surface area (Å²) in [6.45, 7) is 4.09. The molecule has 3 aromatic rings. The molecule has 1 atom stereocenters. The Morgan fingerprint density at radius 3 is 2.45 bits per heavy atom. The number of halogens is 1. The third kappa shape index (κ3) is 6.86. The lowest BCUT2D eigenvalue weighted by Gasteiger charge is -2.18. The topological polar surface area (TPSA) is 74.5 Å². The fraction of sp³-hybridized carbons (Fsp3) is 0.273. The van der Waals surface area contributed by atoms with Crippen LogP contribution in [0.5, 0.6) is 0 Å². The summed E-state index contributed by atoms with van der Waals surface area (Å²) in [5, 5.41) is 20.6. The zero-order valence-electron chi connectivity index (χ0n) is 16.5. The Hall–Kier alpha value is -2.39. The maximum absolute atomic E-state index is 9.73. The molecule has 154 valence electrons. The first-order chi connectivity index (χ1) is 13.8. The van der Waals surface area contributed by atoms with Crippen LogP contribution in [-0.2, 0) is 6.54 Å². The van der Waals surface area contributed by atoms with E-state index in [4.69, 9.17) is 0 Å². The lowest BCUT2D eigenvalue weighted by atomic mass is 10.0. The second-order valence-corrected chi connectivity index (χ2v) is 6.48. The van der Waals surface area contributed by atoms with E-state index in [0.29, 0.717) is 13.1 Å². The van der Waals surface area contributed by atoms with Crippen LogP contribution < -0.4 is 10.6 Å². The van der Waals surface area contributed by atoms with Crippen molar-refractivity contribution < 1.29 is 5.11 Å². The third-order valence-electron chi connectivity index (χ3n) is 4.48. The van der Waals surface area contributed by atoms with Gasteiger partial charge in [-0.25, -0.2) is 9.67 Å². The molecule has 29 heavy (non-hydrogen) atoms. The molecule has 0 amide bonds. The number of aliphatic hydroxyl groups excluding tert-OH is 1. The Balaban J connectivity index is 0.00000300. The van der Waals surface area contributed by atoms with Gasteiger partial charge in [0.05, 0.1) is 18.8 Å². The fourth-order valence-electron chi connectivity index (χ4n) is 2.92. The lowest BCUT2D eigenvalue weighted by Crippen LogP contribution is -2.39. The van der Waals surface area contributed by atoms with Gasteiger partial charge >= 0.3 is 0 Å². The van der Waals surface area contributed by atoms with E-state index in [1.807, 2.05) is 66.3 Å². The predicted molar refractivity (Wildman–Crippen MR) is 128 cm³/mol. The quantitative estimate of drug-likeness (QED) is 0.250. The Kier molecular flexibility index (Phi) is 9.66. The zero-order valence-corrected chi connectivity index (χ0v) is 18.9. The molecule has 0 bridgehead atoms. The van der Waals surface area contributed by atoms with Gasteiger partial charge in [0.1, 0.15) is 0 Å². The summed E-state index contributed by atoms with van der Waals surface area (Å²) in [5.74, 6) is 0.770. The molecule has 0 saturated heterocycles. The van der Waals surface area contributed by atoms with E-state index in [2.05, 4.69) is 32.9 Å². The van der Waals surface area contributed by atoms with Gasteiger partial charge in [0.15, 0.2) is 5.96 Å². The molecular weight excluding hydrogens is 477 g/mol. The second-order valence-electron chi connectivity index (χ2n) is 6.48. The minimum atomic E-state index is 0. The molecule has 0 aliphatic heterocycles. The van der Waals surface area contributed by atoms with Crippen molar-refractivity contribution >= 4 is 29.9 Å². The molecule has 0 saturated carbocycles. The first kappa shape index (κ1) is 22.9. The summed E-state index contributed by atoms with van der Waals surface area (Å²) in [7, 11) is 0. The minimum Gasteiger partial charge on any atom is -0.396 e. The van der Waals surface area contributed by atoms with Gasteiger partial charge in [-0.1, -0.05) is 42.5 Å². The molecule has 0 aliphatic rings. The molecule has 0 radical (unpaired) electrons. The molecule has 0 aliphatic carbocycles. The van der Waals surface area contributed by atoms with Crippen LogP contribution in [0.2, 0.25) is 0 Å². The van der Waals surface area contributed by atoms with E-state index < -0.39 is 0 Å². The van der Waals surface area contributed by atoms with Crippen molar-refractivity contribution in [3.63, 3.8) is 0 Å². The molecule has 1 aromatic heterocycles. The van der Waals surface area contributed by atoms with Crippen molar-refractivity contribution in [1.29, 1.82) is 0 Å². The highest BCUT2D eigenvalue weighted by Crippen LogP contribution is 2.13. The first-order valence-electron chi connectivity index (χ1n) is 9.57. The second kappa shape index (κ2) is 12.2. The number of hydrogen-bond acceptors (Lipinski definition) is 3. The van der Waals surface area contributed by atoms with Gasteiger partial charge in [-0.3, -0.25) is 0 Å². The largest absolute Gasteiger partial charge is 0.396 e. The molecule has 2 aromatic carbocycles. The Labute approximate surface area is 189 Å². The number of guanidine groups is 1. The van der Waals surface area contributed by atoms with E-state index in [0.717, 1.165) is 29.3 Å². The average Bonchev–Trinajstić information content (AvgIpc) is 3.28. The molecular formula is C22H28IN5O. The number of rotatable bonds is 8. The monoisotopic (exact) mass is 505 g/mol. The smallest absolute Gasteiger partial charge is 0.191 e. The van der Waals surface area contributed by atoms with Crippen LogP contribution in [0.3, 0.4) is 0 Å². The van der Waals surface area contributed by atoms with Crippen LogP contribution in [0.15, 0.2) is 78.0 Å². The van der Waals surface area contributed by atoms with Gasteiger partial charge in [0.2, 0.25) is 0 Å². The van der Waals surface area contributed by atoms with Crippen LogP contribution in [0.1, 0.15) is 24.0 Å². The van der Waals surface area contributed by atoms with E-state index >= 15 is 0 Å². The highest BCUT2D eigenvalue weighted by molar-refractivity contribution is 14.0. The van der Waals surface area contributed by atoms with E-state index in [1.165, 1.54) is 0 Å². The van der Waals surface area contributed by atoms with Gasteiger partial charge in [-0.05, 0) is 36.2 Å². The van der Waals surface area contributed by atoms with Crippen molar-refractivity contribution in [3.05, 3.63) is 84.2 Å². The number of nitrogens with one attached hydrogen (secondary N) is 2. The van der Waals surface area contributed by atoms with Crippen LogP contribution >= 0.6 is 24.0 Å². The van der Waals surface area contributed by atoms with Crippen molar-refractivity contribution in [2.24, 2.45) is 4.99 Å². The Morgan fingerprint density at radius 2 is 1.83 bits per heavy atom. The Bertz CT molecular complexity index is 851.